The highest BCUT2D eigenvalue weighted by Crippen LogP contribution is 2.31. The van der Waals surface area contributed by atoms with Crippen LogP contribution in [0.25, 0.3) is 0 Å². The Morgan fingerprint density at radius 3 is 2.71 bits per heavy atom. The summed E-state index contributed by atoms with van der Waals surface area (Å²) in [5.41, 5.74) is 6.87. The van der Waals surface area contributed by atoms with Crippen molar-refractivity contribution in [3.63, 3.8) is 0 Å². The molecule has 1 aromatic heterocycles. The summed E-state index contributed by atoms with van der Waals surface area (Å²) in [5.74, 6) is 0.555. The van der Waals surface area contributed by atoms with Crippen LogP contribution < -0.4 is 11.1 Å². The molecule has 1 fully saturated rings. The number of carbonyl (C=O) groups is 1. The molecule has 3 rings (SSSR count). The van der Waals surface area contributed by atoms with Gasteiger partial charge in [-0.15, -0.1) is 5.10 Å². The van der Waals surface area contributed by atoms with Crippen molar-refractivity contribution in [3.8, 4) is 0 Å². The minimum absolute atomic E-state index is 0.0182. The number of hydrogen-bond acceptors (Lipinski definition) is 5. The Morgan fingerprint density at radius 2 is 2.12 bits per heavy atom. The lowest BCUT2D eigenvalue weighted by atomic mass is 10.0. The molecule has 7 nitrogen and oxygen atoms in total. The normalized spacial score (nSPS) is 16.6. The molecule has 1 saturated carbocycles. The van der Waals surface area contributed by atoms with Crippen LogP contribution in [-0.4, -0.2) is 38.7 Å². The monoisotopic (exact) mass is 332 g/mol. The van der Waals surface area contributed by atoms with E-state index in [1.165, 1.54) is 16.8 Å². The number of benzene rings is 1. The van der Waals surface area contributed by atoms with Crippen molar-refractivity contribution in [1.29, 1.82) is 0 Å². The molecule has 2 atom stereocenters. The zero-order valence-electron chi connectivity index (χ0n) is 13.5. The second-order valence-corrected chi connectivity index (χ2v) is 6.26. The van der Waals surface area contributed by atoms with Gasteiger partial charge in [0.25, 0.3) is 0 Å². The van der Waals surface area contributed by atoms with Crippen LogP contribution in [0.2, 0.25) is 0 Å². The van der Waals surface area contributed by atoms with E-state index < -0.39 is 6.04 Å². The van der Waals surface area contributed by atoms with Crippen LogP contribution in [0.1, 0.15) is 30.3 Å². The van der Waals surface area contributed by atoms with Gasteiger partial charge in [-0.3, -0.25) is 4.79 Å². The minimum Gasteiger partial charge on any atom is -0.353 e. The number of nitrogens with two attached hydrogens (primary N) is 1. The van der Waals surface area contributed by atoms with Crippen molar-refractivity contribution in [2.24, 2.45) is 11.7 Å². The second-order valence-electron chi connectivity index (χ2n) is 6.26. The van der Waals surface area contributed by atoms with Gasteiger partial charge in [0.15, 0.2) is 0 Å². The van der Waals surface area contributed by atoms with Crippen LogP contribution in [-0.2, 0) is 11.2 Å². The maximum atomic E-state index is 13.1. The Bertz CT molecular complexity index is 697. The SMILES string of the molecule is Cc1nnnn1C(Cc1ccc(F)cc1)C(=O)NCC(N)C1CC1. The van der Waals surface area contributed by atoms with Gasteiger partial charge in [-0.05, 0) is 53.8 Å². The summed E-state index contributed by atoms with van der Waals surface area (Å²) in [5, 5.41) is 14.3. The Hall–Kier alpha value is -2.35. The van der Waals surface area contributed by atoms with Crippen molar-refractivity contribution in [2.75, 3.05) is 6.54 Å². The maximum absolute atomic E-state index is 13.1. The first-order valence-corrected chi connectivity index (χ1v) is 8.07. The number of aryl methyl sites for hydroxylation is 1. The van der Waals surface area contributed by atoms with Crippen molar-refractivity contribution >= 4 is 5.91 Å². The van der Waals surface area contributed by atoms with Crippen LogP contribution in [0.3, 0.4) is 0 Å². The van der Waals surface area contributed by atoms with E-state index in [4.69, 9.17) is 5.73 Å². The van der Waals surface area contributed by atoms with Crippen molar-refractivity contribution in [3.05, 3.63) is 41.5 Å². The molecule has 1 aromatic carbocycles. The highest BCUT2D eigenvalue weighted by atomic mass is 19.1. The van der Waals surface area contributed by atoms with Gasteiger partial charge in [-0.2, -0.15) is 0 Å². The molecule has 1 amide bonds. The van der Waals surface area contributed by atoms with Gasteiger partial charge in [-0.25, -0.2) is 9.07 Å². The van der Waals surface area contributed by atoms with Crippen molar-refractivity contribution in [1.82, 2.24) is 25.5 Å². The summed E-state index contributed by atoms with van der Waals surface area (Å²) in [6.07, 6.45) is 2.63. The van der Waals surface area contributed by atoms with Crippen molar-refractivity contribution in [2.45, 2.75) is 38.3 Å². The molecule has 1 aliphatic carbocycles. The lowest BCUT2D eigenvalue weighted by Gasteiger charge is -2.19. The molecule has 0 bridgehead atoms. The first-order chi connectivity index (χ1) is 11.5. The fourth-order valence-electron chi connectivity index (χ4n) is 2.69. The van der Waals surface area contributed by atoms with Crippen LogP contribution in [0.15, 0.2) is 24.3 Å². The van der Waals surface area contributed by atoms with Gasteiger partial charge < -0.3 is 11.1 Å². The molecule has 8 heteroatoms. The Labute approximate surface area is 139 Å². The molecule has 3 N–H and O–H groups in total. The topological polar surface area (TPSA) is 98.7 Å². The predicted molar refractivity (Wildman–Crippen MR) is 85.4 cm³/mol. The van der Waals surface area contributed by atoms with Gasteiger partial charge in [0, 0.05) is 19.0 Å². The van der Waals surface area contributed by atoms with Crippen LogP contribution in [0, 0.1) is 18.7 Å². The van der Waals surface area contributed by atoms with Gasteiger partial charge >= 0.3 is 0 Å². The molecule has 2 aromatic rings. The smallest absolute Gasteiger partial charge is 0.245 e. The zero-order chi connectivity index (χ0) is 17.1. The molecule has 1 heterocycles. The van der Waals surface area contributed by atoms with E-state index >= 15 is 0 Å². The van der Waals surface area contributed by atoms with E-state index in [0.29, 0.717) is 24.7 Å². The van der Waals surface area contributed by atoms with E-state index in [-0.39, 0.29) is 17.8 Å². The first-order valence-electron chi connectivity index (χ1n) is 8.07. The lowest BCUT2D eigenvalue weighted by molar-refractivity contribution is -0.124. The number of nitrogens with one attached hydrogen (secondary N) is 1. The number of aromatic nitrogens is 4. The molecule has 0 radical (unpaired) electrons. The minimum atomic E-state index is -0.600. The Balaban J connectivity index is 1.72. The van der Waals surface area contributed by atoms with E-state index in [2.05, 4.69) is 20.8 Å². The third-order valence-corrected chi connectivity index (χ3v) is 4.34. The molecule has 24 heavy (non-hydrogen) atoms. The van der Waals surface area contributed by atoms with Crippen LogP contribution in [0.4, 0.5) is 4.39 Å². The first kappa shape index (κ1) is 16.5. The van der Waals surface area contributed by atoms with E-state index in [0.717, 1.165) is 18.4 Å². The third-order valence-electron chi connectivity index (χ3n) is 4.34. The molecule has 2 unspecified atom stereocenters. The number of rotatable bonds is 7. The Morgan fingerprint density at radius 1 is 1.42 bits per heavy atom. The van der Waals surface area contributed by atoms with Crippen LogP contribution in [0.5, 0.6) is 0 Å². The molecule has 128 valence electrons. The zero-order valence-corrected chi connectivity index (χ0v) is 13.5. The standard InChI is InChI=1S/C16H21FN6O/c1-10-20-21-22-23(10)15(8-11-2-6-13(17)7-3-11)16(24)19-9-14(18)12-4-5-12/h2-3,6-7,12,14-15H,4-5,8-9,18H2,1H3,(H,19,24). The highest BCUT2D eigenvalue weighted by Gasteiger charge is 2.30. The fraction of sp³-hybridized carbons (Fsp3) is 0.500. The van der Waals surface area contributed by atoms with Crippen LogP contribution >= 0.6 is 0 Å². The van der Waals surface area contributed by atoms with E-state index in [9.17, 15) is 9.18 Å². The maximum Gasteiger partial charge on any atom is 0.245 e. The largest absolute Gasteiger partial charge is 0.353 e. The third kappa shape index (κ3) is 3.94. The van der Waals surface area contributed by atoms with E-state index in [1.54, 1.807) is 19.1 Å². The Kier molecular flexibility index (Phi) is 4.84. The van der Waals surface area contributed by atoms with Gasteiger partial charge in [-0.1, -0.05) is 12.1 Å². The number of carbonyl (C=O) groups excluding carboxylic acids is 1. The lowest BCUT2D eigenvalue weighted by Crippen LogP contribution is -2.42. The summed E-state index contributed by atoms with van der Waals surface area (Å²) in [4.78, 5) is 12.7. The average Bonchev–Trinajstić information content (AvgIpc) is 3.34. The number of hydrogen-bond donors (Lipinski definition) is 2. The molecule has 0 saturated heterocycles. The number of nitrogens with zero attached hydrogens (tertiary/aromatic N) is 4. The summed E-state index contributed by atoms with van der Waals surface area (Å²) >= 11 is 0. The molecule has 1 aliphatic rings. The molecule has 0 aliphatic heterocycles. The number of halogens is 1. The predicted octanol–water partition coefficient (Wildman–Crippen LogP) is 0.758. The number of tetrazole rings is 1. The van der Waals surface area contributed by atoms with Gasteiger partial charge in [0.05, 0.1) is 0 Å². The van der Waals surface area contributed by atoms with Gasteiger partial charge in [0.2, 0.25) is 5.91 Å². The average molecular weight is 332 g/mol. The quantitative estimate of drug-likeness (QED) is 0.780. The molecular weight excluding hydrogens is 311 g/mol. The molecule has 0 spiro atoms. The van der Waals surface area contributed by atoms with Gasteiger partial charge in [0.1, 0.15) is 17.7 Å². The summed E-state index contributed by atoms with van der Waals surface area (Å²) in [7, 11) is 0. The highest BCUT2D eigenvalue weighted by molar-refractivity contribution is 5.80. The van der Waals surface area contributed by atoms with Crippen molar-refractivity contribution < 1.29 is 9.18 Å². The summed E-state index contributed by atoms with van der Waals surface area (Å²) < 4.78 is 14.6. The van der Waals surface area contributed by atoms with E-state index in [1.807, 2.05) is 0 Å². The molecular formula is C16H21FN6O. The summed E-state index contributed by atoms with van der Waals surface area (Å²) in [6.45, 7) is 2.17. The number of amides is 1. The summed E-state index contributed by atoms with van der Waals surface area (Å²) in [6, 6.07) is 5.45. The second kappa shape index (κ2) is 7.04. The fourth-order valence-corrected chi connectivity index (χ4v) is 2.69.